The largest absolute Gasteiger partial charge is 0.504 e. The lowest BCUT2D eigenvalue weighted by Gasteiger charge is -2.69. The lowest BCUT2D eigenvalue weighted by atomic mass is 9.44. The van der Waals surface area contributed by atoms with Gasteiger partial charge in [0.15, 0.2) is 11.5 Å². The molecule has 4 nitrogen and oxygen atoms in total. The van der Waals surface area contributed by atoms with E-state index in [4.69, 9.17) is 11.8 Å². The second-order valence-electron chi connectivity index (χ2n) is 10.9. The van der Waals surface area contributed by atoms with Crippen LogP contribution < -0.4 is 4.74 Å². The highest BCUT2D eigenvalue weighted by molar-refractivity contribution is 5.64. The molecule has 1 aromatic rings. The van der Waals surface area contributed by atoms with E-state index < -0.39 is 16.6 Å². The fourth-order valence-corrected chi connectivity index (χ4v) is 7.45. The SMILES string of the molecule is [CH][N+]1(CC2(C)CC2)CCC23c4c5ccc(O)c4OC2C(=C)CCC3(O)C1(C)C5. The molecule has 2 saturated carbocycles. The van der Waals surface area contributed by atoms with Gasteiger partial charge < -0.3 is 19.4 Å². The van der Waals surface area contributed by atoms with Crippen LogP contribution in [0.5, 0.6) is 11.5 Å². The molecule has 1 saturated heterocycles. The minimum absolute atomic E-state index is 0.172. The van der Waals surface area contributed by atoms with Gasteiger partial charge in [0, 0.05) is 23.8 Å². The Labute approximate surface area is 167 Å². The van der Waals surface area contributed by atoms with Crippen molar-refractivity contribution in [2.45, 2.75) is 75.0 Å². The first kappa shape index (κ1) is 17.3. The van der Waals surface area contributed by atoms with Gasteiger partial charge in [0.25, 0.3) is 0 Å². The van der Waals surface area contributed by atoms with E-state index in [1.165, 1.54) is 18.4 Å². The van der Waals surface area contributed by atoms with Gasteiger partial charge in [-0.05, 0) is 49.8 Å². The van der Waals surface area contributed by atoms with Gasteiger partial charge in [0.1, 0.15) is 17.2 Å². The molecule has 1 spiro atoms. The Morgan fingerprint density at radius 1 is 1.25 bits per heavy atom. The number of likely N-dealkylation sites (tertiary alicyclic amines) is 1. The smallest absolute Gasteiger partial charge is 0.207 e. The fraction of sp³-hybridized carbons (Fsp3) is 0.625. The molecule has 5 aliphatic rings. The number of quaternary nitrogens is 1. The van der Waals surface area contributed by atoms with Crippen LogP contribution in [0.1, 0.15) is 57.1 Å². The number of aliphatic hydroxyl groups is 1. The molecule has 2 heterocycles. The summed E-state index contributed by atoms with van der Waals surface area (Å²) in [6.07, 6.45) is 5.03. The zero-order chi connectivity index (χ0) is 19.7. The summed E-state index contributed by atoms with van der Waals surface area (Å²) in [6.45, 7) is 10.6. The molecule has 2 bridgehead atoms. The zero-order valence-electron chi connectivity index (χ0n) is 16.9. The Morgan fingerprint density at radius 3 is 2.71 bits per heavy atom. The average molecular weight is 381 g/mol. The second-order valence-corrected chi connectivity index (χ2v) is 10.9. The van der Waals surface area contributed by atoms with Gasteiger partial charge in [-0.3, -0.25) is 0 Å². The molecular formula is C24H30NO3+. The van der Waals surface area contributed by atoms with Gasteiger partial charge >= 0.3 is 0 Å². The first-order valence-corrected chi connectivity index (χ1v) is 10.7. The Morgan fingerprint density at radius 2 is 2.00 bits per heavy atom. The van der Waals surface area contributed by atoms with Gasteiger partial charge in [-0.1, -0.05) is 19.6 Å². The highest BCUT2D eigenvalue weighted by atomic mass is 16.5. The van der Waals surface area contributed by atoms with Crippen molar-refractivity contribution in [1.29, 1.82) is 0 Å². The lowest BCUT2D eigenvalue weighted by Crippen LogP contribution is -2.85. The first-order valence-electron chi connectivity index (χ1n) is 10.7. The number of aromatic hydroxyl groups is 1. The summed E-state index contributed by atoms with van der Waals surface area (Å²) in [5.74, 6) is 0.739. The highest BCUT2D eigenvalue weighted by Crippen LogP contribution is 2.70. The first-order chi connectivity index (χ1) is 13.1. The fourth-order valence-electron chi connectivity index (χ4n) is 7.45. The Bertz CT molecular complexity index is 936. The number of phenolic OH excluding ortho intramolecular Hbond substituents is 1. The van der Waals surface area contributed by atoms with Gasteiger partial charge in [0.05, 0.1) is 18.5 Å². The Balaban J connectivity index is 1.63. The van der Waals surface area contributed by atoms with Crippen molar-refractivity contribution in [3.8, 4) is 11.5 Å². The van der Waals surface area contributed by atoms with Crippen LogP contribution in [0.3, 0.4) is 0 Å². The molecular weight excluding hydrogens is 350 g/mol. The predicted molar refractivity (Wildman–Crippen MR) is 106 cm³/mol. The van der Waals surface area contributed by atoms with Gasteiger partial charge in [-0.25, -0.2) is 0 Å². The zero-order valence-corrected chi connectivity index (χ0v) is 16.9. The van der Waals surface area contributed by atoms with Gasteiger partial charge in [0.2, 0.25) is 7.05 Å². The van der Waals surface area contributed by atoms with Crippen molar-refractivity contribution >= 4 is 0 Å². The maximum Gasteiger partial charge on any atom is 0.207 e. The van der Waals surface area contributed by atoms with E-state index in [1.54, 1.807) is 6.07 Å². The summed E-state index contributed by atoms with van der Waals surface area (Å²) < 4.78 is 6.78. The number of phenols is 1. The van der Waals surface area contributed by atoms with Crippen molar-refractivity contribution in [2.24, 2.45) is 5.41 Å². The molecule has 2 aliphatic heterocycles. The molecule has 2 radical (unpaired) electrons. The molecule has 5 atom stereocenters. The van der Waals surface area contributed by atoms with E-state index in [2.05, 4.69) is 20.4 Å². The van der Waals surface area contributed by atoms with Crippen molar-refractivity contribution in [3.63, 3.8) is 0 Å². The number of benzene rings is 1. The molecule has 2 N–H and O–H groups in total. The molecule has 6 rings (SSSR count). The number of hydrogen-bond donors (Lipinski definition) is 2. The minimum atomic E-state index is -0.976. The maximum absolute atomic E-state index is 12.5. The van der Waals surface area contributed by atoms with Crippen LogP contribution in [0.4, 0.5) is 0 Å². The lowest BCUT2D eigenvalue weighted by molar-refractivity contribution is -0.957. The third kappa shape index (κ3) is 1.61. The summed E-state index contributed by atoms with van der Waals surface area (Å²) in [6, 6.07) is 3.76. The molecule has 28 heavy (non-hydrogen) atoms. The number of hydrogen-bond acceptors (Lipinski definition) is 3. The van der Waals surface area contributed by atoms with Crippen LogP contribution in [0, 0.1) is 12.5 Å². The normalized spacial score (nSPS) is 46.7. The molecule has 0 aromatic heterocycles. The Kier molecular flexibility index (Phi) is 2.86. The van der Waals surface area contributed by atoms with E-state index in [0.29, 0.717) is 28.5 Å². The molecule has 1 aromatic carbocycles. The van der Waals surface area contributed by atoms with Crippen LogP contribution in [0.2, 0.25) is 0 Å². The van der Waals surface area contributed by atoms with E-state index in [0.717, 1.165) is 37.1 Å². The van der Waals surface area contributed by atoms with E-state index in [9.17, 15) is 10.2 Å². The molecule has 3 aliphatic carbocycles. The summed E-state index contributed by atoms with van der Waals surface area (Å²) in [4.78, 5) is 0. The molecule has 0 amide bonds. The van der Waals surface area contributed by atoms with Crippen LogP contribution >= 0.6 is 0 Å². The number of piperidine rings is 1. The monoisotopic (exact) mass is 380 g/mol. The topological polar surface area (TPSA) is 49.7 Å². The summed E-state index contributed by atoms with van der Waals surface area (Å²) >= 11 is 0. The standard InChI is InChI=1S/C24H30NO3/c1-15-7-8-24(27)22(3)13-16-5-6-17(26)19-18(16)23(24,20(15)28-19)11-12-25(22,4)14-21(2)9-10-21/h4-6,20,26-27H,1,7-14H2,2-3H3/q+1. The minimum Gasteiger partial charge on any atom is -0.504 e. The molecule has 4 heteroatoms. The Hall–Kier alpha value is -1.52. The molecule has 148 valence electrons. The summed E-state index contributed by atoms with van der Waals surface area (Å²) in [5.41, 5.74) is 1.50. The average Bonchev–Trinajstić information content (AvgIpc) is 3.23. The quantitative estimate of drug-likeness (QED) is 0.610. The third-order valence-electron chi connectivity index (χ3n) is 9.35. The highest BCUT2D eigenvalue weighted by Gasteiger charge is 2.80. The number of nitrogens with zero attached hydrogens (tertiary/aromatic N) is 1. The number of rotatable bonds is 2. The van der Waals surface area contributed by atoms with E-state index in [1.807, 2.05) is 6.07 Å². The summed E-state index contributed by atoms with van der Waals surface area (Å²) in [5, 5.41) is 23.1. The molecule has 3 fully saturated rings. The van der Waals surface area contributed by atoms with E-state index in [-0.39, 0.29) is 11.9 Å². The van der Waals surface area contributed by atoms with Crippen LogP contribution in [-0.4, -0.2) is 45.0 Å². The molecule has 5 unspecified atom stereocenters. The van der Waals surface area contributed by atoms with Gasteiger partial charge in [-0.15, -0.1) is 0 Å². The third-order valence-corrected chi connectivity index (χ3v) is 9.35. The number of ether oxygens (including phenoxy) is 1. The van der Waals surface area contributed by atoms with Crippen molar-refractivity contribution in [3.05, 3.63) is 42.5 Å². The van der Waals surface area contributed by atoms with E-state index >= 15 is 0 Å². The van der Waals surface area contributed by atoms with Crippen LogP contribution in [0.15, 0.2) is 24.3 Å². The van der Waals surface area contributed by atoms with Gasteiger partial charge in [-0.2, -0.15) is 0 Å². The van der Waals surface area contributed by atoms with Crippen molar-refractivity contribution in [2.75, 3.05) is 13.1 Å². The van der Waals surface area contributed by atoms with Crippen LogP contribution in [0.25, 0.3) is 0 Å². The van der Waals surface area contributed by atoms with Crippen molar-refractivity contribution in [1.82, 2.24) is 0 Å². The second kappa shape index (κ2) is 4.62. The van der Waals surface area contributed by atoms with Crippen molar-refractivity contribution < 1.29 is 19.4 Å². The van der Waals surface area contributed by atoms with Crippen LogP contribution in [-0.2, 0) is 11.8 Å². The summed E-state index contributed by atoms with van der Waals surface area (Å²) in [7, 11) is 7.21. The predicted octanol–water partition coefficient (Wildman–Crippen LogP) is 3.48. The maximum atomic E-state index is 12.5.